The summed E-state index contributed by atoms with van der Waals surface area (Å²) in [6.07, 6.45) is 1.55. The minimum Gasteiger partial charge on any atom is -0.372 e. The van der Waals surface area contributed by atoms with Crippen molar-refractivity contribution in [2.75, 3.05) is 19.7 Å². The largest absolute Gasteiger partial charge is 0.372 e. The number of aryl methyl sites for hydroxylation is 1. The van der Waals surface area contributed by atoms with Crippen LogP contribution in [-0.4, -0.2) is 50.9 Å². The molecule has 3 heterocycles. The van der Waals surface area contributed by atoms with Gasteiger partial charge in [0.1, 0.15) is 5.56 Å². The highest BCUT2D eigenvalue weighted by atomic mass is 35.5. The van der Waals surface area contributed by atoms with Gasteiger partial charge in [-0.15, -0.1) is 10.2 Å². The molecule has 1 saturated heterocycles. The molecule has 0 atom stereocenters. The number of carbonyl (C=O) groups is 1. The van der Waals surface area contributed by atoms with Crippen molar-refractivity contribution >= 4 is 28.5 Å². The molecule has 1 amide bonds. The molecule has 0 unspecified atom stereocenters. The van der Waals surface area contributed by atoms with Crippen LogP contribution in [0.1, 0.15) is 31.1 Å². The fraction of sp³-hybridized carbons (Fsp3) is 0.500. The summed E-state index contributed by atoms with van der Waals surface area (Å²) in [5.74, 6) is -0.298. The molecule has 1 aliphatic heterocycles. The third-order valence-electron chi connectivity index (χ3n) is 4.07. The molecule has 2 aromatic rings. The maximum atomic E-state index is 12.9. The SMILES string of the molecule is CCn1cc(C(=O)N2CCOC(C)(C)C2)c(=O)c2cc(Cl)nnc21. The first-order valence-corrected chi connectivity index (χ1v) is 8.20. The second-order valence-electron chi connectivity index (χ2n) is 6.40. The Balaban J connectivity index is 2.10. The van der Waals surface area contributed by atoms with E-state index in [4.69, 9.17) is 16.3 Å². The lowest BCUT2D eigenvalue weighted by Gasteiger charge is -2.38. The number of morpholine rings is 1. The maximum absolute atomic E-state index is 12.9. The molecule has 1 aliphatic rings. The lowest BCUT2D eigenvalue weighted by molar-refractivity contribution is -0.0764. The Morgan fingerprint density at radius 1 is 1.42 bits per heavy atom. The van der Waals surface area contributed by atoms with E-state index in [-0.39, 0.29) is 22.1 Å². The number of amides is 1. The Labute approximate surface area is 144 Å². The summed E-state index contributed by atoms with van der Waals surface area (Å²) in [5, 5.41) is 8.19. The van der Waals surface area contributed by atoms with Crippen LogP contribution >= 0.6 is 11.6 Å². The average molecular weight is 351 g/mol. The first-order chi connectivity index (χ1) is 11.3. The number of rotatable bonds is 2. The van der Waals surface area contributed by atoms with E-state index in [9.17, 15) is 9.59 Å². The van der Waals surface area contributed by atoms with Crippen molar-refractivity contribution in [3.63, 3.8) is 0 Å². The van der Waals surface area contributed by atoms with Gasteiger partial charge in [-0.3, -0.25) is 9.59 Å². The highest BCUT2D eigenvalue weighted by molar-refractivity contribution is 6.29. The Kier molecular flexibility index (Phi) is 4.31. The number of carbonyl (C=O) groups excluding carboxylic acids is 1. The Morgan fingerprint density at radius 2 is 2.17 bits per heavy atom. The fourth-order valence-electron chi connectivity index (χ4n) is 2.92. The van der Waals surface area contributed by atoms with Crippen molar-refractivity contribution in [1.29, 1.82) is 0 Å². The van der Waals surface area contributed by atoms with Crippen LogP contribution in [0, 0.1) is 0 Å². The molecule has 0 aliphatic carbocycles. The van der Waals surface area contributed by atoms with Crippen LogP contribution in [0.4, 0.5) is 0 Å². The van der Waals surface area contributed by atoms with Gasteiger partial charge in [0.2, 0.25) is 5.43 Å². The smallest absolute Gasteiger partial charge is 0.259 e. The average Bonchev–Trinajstić information content (AvgIpc) is 2.54. The summed E-state index contributed by atoms with van der Waals surface area (Å²) >= 11 is 5.87. The molecule has 0 spiro atoms. The van der Waals surface area contributed by atoms with E-state index in [1.807, 2.05) is 20.8 Å². The number of halogens is 1. The summed E-state index contributed by atoms with van der Waals surface area (Å²) < 4.78 is 7.36. The zero-order valence-electron chi connectivity index (χ0n) is 13.9. The van der Waals surface area contributed by atoms with E-state index in [1.54, 1.807) is 15.7 Å². The van der Waals surface area contributed by atoms with Crippen molar-refractivity contribution < 1.29 is 9.53 Å². The van der Waals surface area contributed by atoms with Crippen molar-refractivity contribution in [3.05, 3.63) is 33.2 Å². The molecule has 8 heteroatoms. The summed E-state index contributed by atoms with van der Waals surface area (Å²) in [4.78, 5) is 27.3. The molecule has 1 fully saturated rings. The highest BCUT2D eigenvalue weighted by Crippen LogP contribution is 2.19. The number of nitrogens with zero attached hydrogens (tertiary/aromatic N) is 4. The van der Waals surface area contributed by atoms with Gasteiger partial charge in [-0.05, 0) is 26.8 Å². The third kappa shape index (κ3) is 3.01. The minimum absolute atomic E-state index is 0.117. The Bertz CT molecular complexity index is 862. The van der Waals surface area contributed by atoms with Crippen molar-refractivity contribution in [3.8, 4) is 0 Å². The summed E-state index contributed by atoms with van der Waals surface area (Å²) in [7, 11) is 0. The molecule has 0 saturated carbocycles. The van der Waals surface area contributed by atoms with Crippen LogP contribution in [-0.2, 0) is 11.3 Å². The van der Waals surface area contributed by atoms with E-state index in [1.165, 1.54) is 6.07 Å². The molecule has 0 bridgehead atoms. The molecule has 0 radical (unpaired) electrons. The van der Waals surface area contributed by atoms with Crippen molar-refractivity contribution in [2.24, 2.45) is 0 Å². The first-order valence-electron chi connectivity index (χ1n) is 7.82. The quantitative estimate of drug-likeness (QED) is 0.824. The van der Waals surface area contributed by atoms with Gasteiger partial charge in [0.15, 0.2) is 10.8 Å². The molecule has 7 nitrogen and oxygen atoms in total. The first kappa shape index (κ1) is 16.9. The van der Waals surface area contributed by atoms with Gasteiger partial charge in [0.25, 0.3) is 5.91 Å². The zero-order chi connectivity index (χ0) is 17.5. The van der Waals surface area contributed by atoms with Gasteiger partial charge in [-0.2, -0.15) is 0 Å². The molecule has 24 heavy (non-hydrogen) atoms. The second kappa shape index (κ2) is 6.14. The zero-order valence-corrected chi connectivity index (χ0v) is 14.6. The number of aromatic nitrogens is 3. The van der Waals surface area contributed by atoms with Gasteiger partial charge in [-0.1, -0.05) is 11.6 Å². The van der Waals surface area contributed by atoms with Crippen LogP contribution in [0.15, 0.2) is 17.1 Å². The lowest BCUT2D eigenvalue weighted by atomic mass is 10.1. The topological polar surface area (TPSA) is 77.3 Å². The maximum Gasteiger partial charge on any atom is 0.259 e. The number of pyridine rings is 1. The van der Waals surface area contributed by atoms with Gasteiger partial charge in [0.05, 0.1) is 17.6 Å². The second-order valence-corrected chi connectivity index (χ2v) is 6.78. The van der Waals surface area contributed by atoms with Gasteiger partial charge >= 0.3 is 0 Å². The number of hydrogen-bond acceptors (Lipinski definition) is 5. The summed E-state index contributed by atoms with van der Waals surface area (Å²) in [6.45, 7) is 7.66. The predicted molar refractivity (Wildman–Crippen MR) is 90.4 cm³/mol. The standard InChI is InChI=1S/C16H19ClN4O3/c1-4-20-8-11(13(22)10-7-12(17)18-19-14(10)20)15(23)21-5-6-24-16(2,3)9-21/h7-8H,4-6,9H2,1-3H3. The van der Waals surface area contributed by atoms with E-state index < -0.39 is 5.60 Å². The monoisotopic (exact) mass is 350 g/mol. The summed E-state index contributed by atoms with van der Waals surface area (Å²) in [6, 6.07) is 1.46. The number of hydrogen-bond donors (Lipinski definition) is 0. The van der Waals surface area contributed by atoms with Crippen LogP contribution < -0.4 is 5.43 Å². The lowest BCUT2D eigenvalue weighted by Crippen LogP contribution is -2.51. The fourth-order valence-corrected chi connectivity index (χ4v) is 3.06. The van der Waals surface area contributed by atoms with Gasteiger partial charge in [-0.25, -0.2) is 0 Å². The van der Waals surface area contributed by atoms with Gasteiger partial charge < -0.3 is 14.2 Å². The van der Waals surface area contributed by atoms with Crippen LogP contribution in [0.2, 0.25) is 5.15 Å². The number of ether oxygens (including phenoxy) is 1. The van der Waals surface area contributed by atoms with Crippen LogP contribution in [0.3, 0.4) is 0 Å². The normalized spacial score (nSPS) is 17.2. The van der Waals surface area contributed by atoms with E-state index in [2.05, 4.69) is 10.2 Å². The van der Waals surface area contributed by atoms with Gasteiger partial charge in [0, 0.05) is 25.8 Å². The van der Waals surface area contributed by atoms with Crippen LogP contribution in [0.25, 0.3) is 11.0 Å². The molecule has 3 rings (SSSR count). The molecule has 128 valence electrons. The Hall–Kier alpha value is -1.99. The highest BCUT2D eigenvalue weighted by Gasteiger charge is 2.31. The third-order valence-corrected chi connectivity index (χ3v) is 4.26. The summed E-state index contributed by atoms with van der Waals surface area (Å²) in [5.41, 5.74) is -0.263. The van der Waals surface area contributed by atoms with E-state index in [0.717, 1.165) is 0 Å². The number of fused-ring (bicyclic) bond motifs is 1. The van der Waals surface area contributed by atoms with Crippen molar-refractivity contribution in [2.45, 2.75) is 32.9 Å². The molecular formula is C16H19ClN4O3. The molecular weight excluding hydrogens is 332 g/mol. The predicted octanol–water partition coefficient (Wildman–Crippen LogP) is 1.72. The van der Waals surface area contributed by atoms with E-state index in [0.29, 0.717) is 37.3 Å². The molecule has 2 aromatic heterocycles. The van der Waals surface area contributed by atoms with Crippen molar-refractivity contribution in [1.82, 2.24) is 19.7 Å². The van der Waals surface area contributed by atoms with Crippen LogP contribution in [0.5, 0.6) is 0 Å². The Morgan fingerprint density at radius 3 is 2.83 bits per heavy atom. The van der Waals surface area contributed by atoms with E-state index >= 15 is 0 Å². The molecule has 0 aromatic carbocycles. The molecule has 0 N–H and O–H groups in total. The minimum atomic E-state index is -0.427.